The number of fused-ring (bicyclic) bond motifs is 1. The number of aromatic nitrogens is 1. The first-order chi connectivity index (χ1) is 7.08. The molecule has 1 aromatic carbocycles. The highest BCUT2D eigenvalue weighted by molar-refractivity contribution is 6.67. The lowest BCUT2D eigenvalue weighted by molar-refractivity contribution is 0.108. The Labute approximate surface area is 101 Å². The molecule has 2 nitrogen and oxygen atoms in total. The lowest BCUT2D eigenvalue weighted by Crippen LogP contribution is -1.91. The molecule has 0 aliphatic rings. The first-order valence-electron chi connectivity index (χ1n) is 4.02. The van der Waals surface area contributed by atoms with Crippen molar-refractivity contribution in [3.63, 3.8) is 0 Å². The Morgan fingerprint density at radius 1 is 1.20 bits per heavy atom. The summed E-state index contributed by atoms with van der Waals surface area (Å²) in [5.74, 6) is 0. The highest BCUT2D eigenvalue weighted by Gasteiger charge is 2.07. The molecule has 0 radical (unpaired) electrons. The molecule has 2 rings (SSSR count). The summed E-state index contributed by atoms with van der Waals surface area (Å²) in [7, 11) is 0. The van der Waals surface area contributed by atoms with Crippen LogP contribution in [-0.2, 0) is 0 Å². The zero-order valence-corrected chi connectivity index (χ0v) is 9.57. The van der Waals surface area contributed by atoms with Gasteiger partial charge in [0.05, 0.1) is 16.1 Å². The maximum absolute atomic E-state index is 10.9. The van der Waals surface area contributed by atoms with Crippen molar-refractivity contribution in [3.05, 3.63) is 40.0 Å². The number of pyridine rings is 1. The molecule has 0 saturated carbocycles. The maximum Gasteiger partial charge on any atom is 0.253 e. The van der Waals surface area contributed by atoms with Gasteiger partial charge in [-0.2, -0.15) is 0 Å². The highest BCUT2D eigenvalue weighted by Crippen LogP contribution is 2.26. The summed E-state index contributed by atoms with van der Waals surface area (Å²) in [5.41, 5.74) is 0.922. The van der Waals surface area contributed by atoms with Crippen molar-refractivity contribution in [2.24, 2.45) is 0 Å². The molecule has 0 fully saturated rings. The van der Waals surface area contributed by atoms with Crippen LogP contribution in [0.15, 0.2) is 24.4 Å². The normalized spacial score (nSPS) is 10.6. The molecule has 76 valence electrons. The third-order valence-electron chi connectivity index (χ3n) is 1.93. The van der Waals surface area contributed by atoms with Crippen molar-refractivity contribution >= 4 is 50.9 Å². The van der Waals surface area contributed by atoms with Crippen molar-refractivity contribution in [2.75, 3.05) is 0 Å². The first-order valence-corrected chi connectivity index (χ1v) is 5.16. The van der Waals surface area contributed by atoms with Gasteiger partial charge in [-0.1, -0.05) is 23.2 Å². The molecule has 0 spiro atoms. The molecular weight excluding hydrogens is 256 g/mol. The number of carbonyl (C=O) groups is 1. The summed E-state index contributed by atoms with van der Waals surface area (Å²) in [6.07, 6.45) is 1.39. The van der Waals surface area contributed by atoms with Crippen LogP contribution in [0.5, 0.6) is 0 Å². The Morgan fingerprint density at radius 3 is 2.60 bits per heavy atom. The van der Waals surface area contributed by atoms with Crippen molar-refractivity contribution in [1.29, 1.82) is 0 Å². The van der Waals surface area contributed by atoms with Gasteiger partial charge in [0.2, 0.25) is 0 Å². The Balaban J connectivity index is 2.76. The monoisotopic (exact) mass is 259 g/mol. The number of hydrogen-bond acceptors (Lipinski definition) is 2. The van der Waals surface area contributed by atoms with Crippen LogP contribution in [0.25, 0.3) is 10.9 Å². The van der Waals surface area contributed by atoms with E-state index in [9.17, 15) is 4.79 Å². The molecule has 0 atom stereocenters. The second-order valence-electron chi connectivity index (χ2n) is 2.96. The third-order valence-corrected chi connectivity index (χ3v) is 2.65. The average molecular weight is 261 g/mol. The van der Waals surface area contributed by atoms with Crippen LogP contribution >= 0.6 is 34.8 Å². The van der Waals surface area contributed by atoms with E-state index in [-0.39, 0.29) is 0 Å². The fourth-order valence-corrected chi connectivity index (χ4v) is 1.94. The fraction of sp³-hybridized carbons (Fsp3) is 0. The molecule has 0 saturated heterocycles. The van der Waals surface area contributed by atoms with E-state index in [1.165, 1.54) is 6.20 Å². The molecule has 5 heteroatoms. The maximum atomic E-state index is 10.9. The van der Waals surface area contributed by atoms with Gasteiger partial charge in [0.1, 0.15) is 0 Å². The van der Waals surface area contributed by atoms with Crippen LogP contribution in [0.4, 0.5) is 0 Å². The van der Waals surface area contributed by atoms with Gasteiger partial charge in [-0.05, 0) is 29.8 Å². The van der Waals surface area contributed by atoms with Gasteiger partial charge >= 0.3 is 0 Å². The first kappa shape index (κ1) is 10.7. The largest absolute Gasteiger partial charge is 0.276 e. The lowest BCUT2D eigenvalue weighted by atomic mass is 10.2. The summed E-state index contributed by atoms with van der Waals surface area (Å²) in [4.78, 5) is 15.0. The third kappa shape index (κ3) is 2.07. The van der Waals surface area contributed by atoms with E-state index in [4.69, 9.17) is 34.8 Å². The topological polar surface area (TPSA) is 30.0 Å². The SMILES string of the molecule is O=C(Cl)c1cnc2c(Cl)cc(Cl)cc2c1. The van der Waals surface area contributed by atoms with Crippen molar-refractivity contribution in [3.8, 4) is 0 Å². The molecule has 0 bridgehead atoms. The highest BCUT2D eigenvalue weighted by atomic mass is 35.5. The van der Waals surface area contributed by atoms with Crippen molar-refractivity contribution < 1.29 is 4.79 Å². The van der Waals surface area contributed by atoms with E-state index in [0.29, 0.717) is 26.5 Å². The zero-order valence-electron chi connectivity index (χ0n) is 7.30. The van der Waals surface area contributed by atoms with Crippen LogP contribution in [0.1, 0.15) is 10.4 Å². The van der Waals surface area contributed by atoms with Crippen molar-refractivity contribution in [1.82, 2.24) is 4.98 Å². The number of nitrogens with zero attached hydrogens (tertiary/aromatic N) is 1. The summed E-state index contributed by atoms with van der Waals surface area (Å²) in [6.45, 7) is 0. The second-order valence-corrected chi connectivity index (χ2v) is 4.14. The van der Waals surface area contributed by atoms with E-state index in [1.807, 2.05) is 0 Å². The number of halogens is 3. The molecule has 0 unspecified atom stereocenters. The number of rotatable bonds is 1. The molecule has 0 aliphatic heterocycles. The fourth-order valence-electron chi connectivity index (χ4n) is 1.28. The van der Waals surface area contributed by atoms with E-state index >= 15 is 0 Å². The van der Waals surface area contributed by atoms with E-state index in [0.717, 1.165) is 0 Å². The van der Waals surface area contributed by atoms with Crippen LogP contribution in [-0.4, -0.2) is 10.2 Å². The van der Waals surface area contributed by atoms with Crippen LogP contribution in [0, 0.1) is 0 Å². The van der Waals surface area contributed by atoms with Gasteiger partial charge in [0.15, 0.2) is 0 Å². The van der Waals surface area contributed by atoms with Gasteiger partial charge in [-0.3, -0.25) is 9.78 Å². The molecule has 0 amide bonds. The van der Waals surface area contributed by atoms with Crippen molar-refractivity contribution in [2.45, 2.75) is 0 Å². The van der Waals surface area contributed by atoms with Crippen LogP contribution in [0.2, 0.25) is 10.0 Å². The van der Waals surface area contributed by atoms with Crippen LogP contribution in [0.3, 0.4) is 0 Å². The van der Waals surface area contributed by atoms with Crippen LogP contribution < -0.4 is 0 Å². The molecule has 15 heavy (non-hydrogen) atoms. The van der Waals surface area contributed by atoms with Gasteiger partial charge in [-0.25, -0.2) is 0 Å². The molecular formula is C10H4Cl3NO. The molecule has 0 N–H and O–H groups in total. The lowest BCUT2D eigenvalue weighted by Gasteiger charge is -2.01. The van der Waals surface area contributed by atoms with E-state index in [2.05, 4.69) is 4.98 Å². The van der Waals surface area contributed by atoms with Gasteiger partial charge in [0.25, 0.3) is 5.24 Å². The quantitative estimate of drug-likeness (QED) is 0.727. The summed E-state index contributed by atoms with van der Waals surface area (Å²) in [5, 5.41) is 1.08. The minimum atomic E-state index is -0.555. The molecule has 2 aromatic rings. The Hall–Kier alpha value is -0.830. The number of carbonyl (C=O) groups excluding carboxylic acids is 1. The molecule has 1 heterocycles. The van der Waals surface area contributed by atoms with Gasteiger partial charge in [0, 0.05) is 16.6 Å². The second kappa shape index (κ2) is 3.97. The minimum absolute atomic E-state index is 0.322. The van der Waals surface area contributed by atoms with Gasteiger partial charge in [-0.15, -0.1) is 0 Å². The molecule has 1 aromatic heterocycles. The number of hydrogen-bond donors (Lipinski definition) is 0. The van der Waals surface area contributed by atoms with Gasteiger partial charge < -0.3 is 0 Å². The summed E-state index contributed by atoms with van der Waals surface area (Å²) >= 11 is 17.1. The Bertz CT molecular complexity index is 554. The Morgan fingerprint density at radius 2 is 1.93 bits per heavy atom. The zero-order chi connectivity index (χ0) is 11.0. The van der Waals surface area contributed by atoms with E-state index in [1.54, 1.807) is 18.2 Å². The smallest absolute Gasteiger partial charge is 0.253 e. The summed E-state index contributed by atoms with van der Waals surface area (Å²) < 4.78 is 0. The average Bonchev–Trinajstić information content (AvgIpc) is 2.16. The standard InChI is InChI=1S/C10H4Cl3NO/c11-7-2-5-1-6(10(13)15)4-14-9(5)8(12)3-7/h1-4H. The Kier molecular flexibility index (Phi) is 2.83. The van der Waals surface area contributed by atoms with E-state index < -0.39 is 5.24 Å². The number of benzene rings is 1. The molecule has 0 aliphatic carbocycles. The predicted molar refractivity (Wildman–Crippen MR) is 61.9 cm³/mol. The predicted octanol–water partition coefficient (Wildman–Crippen LogP) is 3.92. The minimum Gasteiger partial charge on any atom is -0.276 e. The summed E-state index contributed by atoms with van der Waals surface area (Å²) in [6, 6.07) is 4.88.